The SMILES string of the molecule is NS(=O)(=O)c1ccc2oc3ccc(S(N)(=O)=O)cc3c2c1. The Labute approximate surface area is 120 Å². The van der Waals surface area contributed by atoms with Gasteiger partial charge in [-0.25, -0.2) is 27.1 Å². The summed E-state index contributed by atoms with van der Waals surface area (Å²) in [4.78, 5) is -0.169. The summed E-state index contributed by atoms with van der Waals surface area (Å²) in [5.41, 5.74) is 0.841. The molecule has 0 unspecified atom stereocenters. The molecule has 0 aliphatic heterocycles. The summed E-state index contributed by atoms with van der Waals surface area (Å²) in [6.45, 7) is 0. The zero-order chi connectivity index (χ0) is 15.4. The minimum absolute atomic E-state index is 0.0845. The van der Waals surface area contributed by atoms with E-state index in [9.17, 15) is 16.8 Å². The van der Waals surface area contributed by atoms with E-state index in [1.807, 2.05) is 0 Å². The van der Waals surface area contributed by atoms with Crippen LogP contribution < -0.4 is 10.3 Å². The van der Waals surface area contributed by atoms with Crippen LogP contribution in [0.25, 0.3) is 21.9 Å². The number of hydrogen-bond acceptors (Lipinski definition) is 5. The first kappa shape index (κ1) is 14.0. The molecule has 0 bridgehead atoms. The average molecular weight is 326 g/mol. The Balaban J connectivity index is 2.42. The molecule has 4 N–H and O–H groups in total. The van der Waals surface area contributed by atoms with Gasteiger partial charge in [-0.05, 0) is 36.4 Å². The molecule has 1 aromatic heterocycles. The molecule has 0 aliphatic rings. The quantitative estimate of drug-likeness (QED) is 0.721. The van der Waals surface area contributed by atoms with E-state index in [1.54, 1.807) is 0 Å². The van der Waals surface area contributed by atoms with Gasteiger partial charge in [-0.2, -0.15) is 0 Å². The Morgan fingerprint density at radius 3 is 1.43 bits per heavy atom. The lowest BCUT2D eigenvalue weighted by Crippen LogP contribution is -2.12. The predicted octanol–water partition coefficient (Wildman–Crippen LogP) is 0.881. The molecule has 3 rings (SSSR count). The molecule has 0 spiro atoms. The maximum atomic E-state index is 11.4. The molecule has 9 heteroatoms. The lowest BCUT2D eigenvalue weighted by Gasteiger charge is -1.98. The van der Waals surface area contributed by atoms with Gasteiger partial charge in [-0.1, -0.05) is 0 Å². The monoisotopic (exact) mass is 326 g/mol. The summed E-state index contributed by atoms with van der Waals surface area (Å²) in [7, 11) is -7.73. The van der Waals surface area contributed by atoms with Crippen LogP contribution in [0.1, 0.15) is 0 Å². The largest absolute Gasteiger partial charge is 0.456 e. The van der Waals surface area contributed by atoms with Crippen LogP contribution in [0, 0.1) is 0 Å². The number of fused-ring (bicyclic) bond motifs is 3. The fraction of sp³-hybridized carbons (Fsp3) is 0. The van der Waals surface area contributed by atoms with Crippen LogP contribution in [-0.2, 0) is 20.0 Å². The molecule has 0 saturated carbocycles. The lowest BCUT2D eigenvalue weighted by molar-refractivity contribution is 0.596. The number of nitrogens with two attached hydrogens (primary N) is 2. The molecule has 7 nitrogen and oxygen atoms in total. The van der Waals surface area contributed by atoms with Gasteiger partial charge in [0.2, 0.25) is 20.0 Å². The second-order valence-corrected chi connectivity index (χ2v) is 7.63. The van der Waals surface area contributed by atoms with Crippen molar-refractivity contribution in [3.63, 3.8) is 0 Å². The molecule has 0 radical (unpaired) electrons. The molecular formula is C12H10N2O5S2. The van der Waals surface area contributed by atoms with Crippen molar-refractivity contribution in [2.45, 2.75) is 9.79 Å². The molecule has 110 valence electrons. The van der Waals surface area contributed by atoms with Gasteiger partial charge in [0.05, 0.1) is 9.79 Å². The van der Waals surface area contributed by atoms with Gasteiger partial charge in [-0.3, -0.25) is 0 Å². The van der Waals surface area contributed by atoms with E-state index in [0.29, 0.717) is 21.9 Å². The number of primary sulfonamides is 2. The number of furan rings is 1. The molecule has 0 amide bonds. The van der Waals surface area contributed by atoms with E-state index in [2.05, 4.69) is 0 Å². The maximum Gasteiger partial charge on any atom is 0.238 e. The van der Waals surface area contributed by atoms with Gasteiger partial charge in [0.1, 0.15) is 11.2 Å². The molecule has 3 aromatic rings. The van der Waals surface area contributed by atoms with Crippen molar-refractivity contribution in [2.24, 2.45) is 10.3 Å². The van der Waals surface area contributed by atoms with Crippen molar-refractivity contribution in [1.29, 1.82) is 0 Å². The second-order valence-electron chi connectivity index (χ2n) is 4.51. The average Bonchev–Trinajstić information content (AvgIpc) is 2.73. The van der Waals surface area contributed by atoms with Gasteiger partial charge in [0, 0.05) is 10.8 Å². The van der Waals surface area contributed by atoms with E-state index in [4.69, 9.17) is 14.7 Å². The smallest absolute Gasteiger partial charge is 0.238 e. The number of sulfonamides is 2. The lowest BCUT2D eigenvalue weighted by atomic mass is 10.1. The Kier molecular flexibility index (Phi) is 2.85. The van der Waals surface area contributed by atoms with Gasteiger partial charge in [0.25, 0.3) is 0 Å². The first-order valence-corrected chi connectivity index (χ1v) is 8.77. The van der Waals surface area contributed by atoms with E-state index < -0.39 is 20.0 Å². The van der Waals surface area contributed by atoms with Crippen molar-refractivity contribution >= 4 is 42.0 Å². The minimum atomic E-state index is -3.86. The topological polar surface area (TPSA) is 133 Å². The van der Waals surface area contributed by atoms with Crippen LogP contribution >= 0.6 is 0 Å². The van der Waals surface area contributed by atoms with E-state index in [0.717, 1.165) is 0 Å². The Bertz CT molecular complexity index is 995. The fourth-order valence-corrected chi connectivity index (χ4v) is 3.17. The van der Waals surface area contributed by atoms with Crippen LogP contribution in [0.5, 0.6) is 0 Å². The number of benzene rings is 2. The first-order chi connectivity index (χ1) is 9.66. The van der Waals surface area contributed by atoms with Gasteiger partial charge in [0.15, 0.2) is 0 Å². The molecule has 0 fully saturated rings. The van der Waals surface area contributed by atoms with Crippen molar-refractivity contribution in [1.82, 2.24) is 0 Å². The third-order valence-corrected chi connectivity index (χ3v) is 4.89. The molecule has 2 aromatic carbocycles. The number of rotatable bonds is 2. The van der Waals surface area contributed by atoms with Crippen LogP contribution in [-0.4, -0.2) is 16.8 Å². The zero-order valence-corrected chi connectivity index (χ0v) is 12.1. The third-order valence-electron chi connectivity index (χ3n) is 3.07. The third kappa shape index (κ3) is 2.40. The summed E-state index contributed by atoms with van der Waals surface area (Å²) >= 11 is 0. The summed E-state index contributed by atoms with van der Waals surface area (Å²) in [5, 5.41) is 11.1. The molecule has 0 aliphatic carbocycles. The first-order valence-electron chi connectivity index (χ1n) is 5.68. The summed E-state index contributed by atoms with van der Waals surface area (Å²) < 4.78 is 51.1. The van der Waals surface area contributed by atoms with Crippen molar-refractivity contribution < 1.29 is 21.3 Å². The standard InChI is InChI=1S/C12H10N2O5S2/c13-20(15,16)7-1-3-11-9(5-7)10-6-8(21(14,17)18)2-4-12(10)19-11/h1-6H,(H2,13,15,16)(H2,14,17,18). The normalized spacial score (nSPS) is 13.0. The second kappa shape index (κ2) is 4.28. The Morgan fingerprint density at radius 1 is 0.714 bits per heavy atom. The van der Waals surface area contributed by atoms with Crippen LogP contribution in [0.4, 0.5) is 0 Å². The zero-order valence-electron chi connectivity index (χ0n) is 10.5. The molecule has 0 saturated heterocycles. The highest BCUT2D eigenvalue weighted by Gasteiger charge is 2.15. The minimum Gasteiger partial charge on any atom is -0.456 e. The van der Waals surface area contributed by atoms with Crippen molar-refractivity contribution in [2.75, 3.05) is 0 Å². The van der Waals surface area contributed by atoms with Crippen LogP contribution in [0.3, 0.4) is 0 Å². The molecule has 0 atom stereocenters. The molecule has 21 heavy (non-hydrogen) atoms. The highest BCUT2D eigenvalue weighted by molar-refractivity contribution is 7.89. The Morgan fingerprint density at radius 2 is 1.10 bits per heavy atom. The summed E-state index contributed by atoms with van der Waals surface area (Å²) in [6, 6.07) is 8.24. The Hall–Kier alpha value is -1.94. The predicted molar refractivity (Wildman–Crippen MR) is 76.5 cm³/mol. The van der Waals surface area contributed by atoms with E-state index in [1.165, 1.54) is 36.4 Å². The van der Waals surface area contributed by atoms with Gasteiger partial charge < -0.3 is 4.42 Å². The molecular weight excluding hydrogens is 316 g/mol. The highest BCUT2D eigenvalue weighted by atomic mass is 32.2. The highest BCUT2D eigenvalue weighted by Crippen LogP contribution is 2.31. The van der Waals surface area contributed by atoms with Gasteiger partial charge in [-0.15, -0.1) is 0 Å². The van der Waals surface area contributed by atoms with Gasteiger partial charge >= 0.3 is 0 Å². The van der Waals surface area contributed by atoms with Crippen molar-refractivity contribution in [3.8, 4) is 0 Å². The number of hydrogen-bond donors (Lipinski definition) is 2. The van der Waals surface area contributed by atoms with E-state index >= 15 is 0 Å². The summed E-state index contributed by atoms with van der Waals surface area (Å²) in [5.74, 6) is 0. The summed E-state index contributed by atoms with van der Waals surface area (Å²) in [6.07, 6.45) is 0. The van der Waals surface area contributed by atoms with E-state index in [-0.39, 0.29) is 9.79 Å². The van der Waals surface area contributed by atoms with Crippen molar-refractivity contribution in [3.05, 3.63) is 36.4 Å². The maximum absolute atomic E-state index is 11.4. The fourth-order valence-electron chi connectivity index (χ4n) is 2.09. The van der Waals surface area contributed by atoms with Crippen LogP contribution in [0.2, 0.25) is 0 Å². The molecule has 1 heterocycles. The van der Waals surface area contributed by atoms with Crippen LogP contribution in [0.15, 0.2) is 50.6 Å².